The third-order valence-electron chi connectivity index (χ3n) is 2.64. The predicted molar refractivity (Wildman–Crippen MR) is 68.5 cm³/mol. The van der Waals surface area contributed by atoms with Crippen LogP contribution in [-0.2, 0) is 6.54 Å². The van der Waals surface area contributed by atoms with E-state index in [1.54, 1.807) is 11.3 Å². The average Bonchev–Trinajstić information content (AvgIpc) is 2.80. The summed E-state index contributed by atoms with van der Waals surface area (Å²) >= 11 is 1.69. The van der Waals surface area contributed by atoms with E-state index in [1.807, 2.05) is 11.7 Å². The first kappa shape index (κ1) is 11.3. The van der Waals surface area contributed by atoms with Crippen LogP contribution < -0.4 is 5.32 Å². The van der Waals surface area contributed by atoms with E-state index in [0.717, 1.165) is 6.54 Å². The smallest absolute Gasteiger partial charge is 0.0794 e. The lowest BCUT2D eigenvalue weighted by Gasteiger charge is -2.13. The third kappa shape index (κ3) is 2.90. The maximum Gasteiger partial charge on any atom is 0.0794 e. The highest BCUT2D eigenvalue weighted by molar-refractivity contribution is 7.09. The highest BCUT2D eigenvalue weighted by Gasteiger charge is 2.04. The molecule has 0 aliphatic heterocycles. The van der Waals surface area contributed by atoms with Gasteiger partial charge in [0.1, 0.15) is 0 Å². The number of nitrogens with one attached hydrogen (secondary N) is 1. The van der Waals surface area contributed by atoms with Crippen molar-refractivity contribution in [1.29, 1.82) is 0 Å². The molecule has 16 heavy (non-hydrogen) atoms. The van der Waals surface area contributed by atoms with E-state index in [9.17, 15) is 0 Å². The van der Waals surface area contributed by atoms with Crippen molar-refractivity contribution in [3.63, 3.8) is 0 Å². The summed E-state index contributed by atoms with van der Waals surface area (Å²) in [5.41, 5.74) is 4.50. The highest BCUT2D eigenvalue weighted by atomic mass is 32.1. The molecule has 0 fully saturated rings. The minimum absolute atomic E-state index is 0.377. The molecule has 2 aromatic rings. The second-order valence-electron chi connectivity index (χ2n) is 3.98. The van der Waals surface area contributed by atoms with E-state index >= 15 is 0 Å². The van der Waals surface area contributed by atoms with Crippen molar-refractivity contribution in [3.05, 3.63) is 52.0 Å². The molecule has 84 valence electrons. The lowest BCUT2D eigenvalue weighted by atomic mass is 10.1. The molecule has 1 atom stereocenters. The monoisotopic (exact) mass is 232 g/mol. The van der Waals surface area contributed by atoms with Crippen LogP contribution in [0.5, 0.6) is 0 Å². The van der Waals surface area contributed by atoms with Gasteiger partial charge in [0, 0.05) is 23.7 Å². The molecule has 1 N–H and O–H groups in total. The molecule has 1 aromatic heterocycles. The fraction of sp³-hybridized carbons (Fsp3) is 0.308. The quantitative estimate of drug-likeness (QED) is 0.875. The summed E-state index contributed by atoms with van der Waals surface area (Å²) in [4.78, 5) is 5.34. The van der Waals surface area contributed by atoms with E-state index < -0.39 is 0 Å². The lowest BCUT2D eigenvalue weighted by Crippen LogP contribution is -2.17. The normalized spacial score (nSPS) is 12.6. The van der Waals surface area contributed by atoms with Crippen LogP contribution in [0.1, 0.15) is 29.0 Å². The van der Waals surface area contributed by atoms with Crippen molar-refractivity contribution in [3.8, 4) is 0 Å². The number of nitrogens with zero attached hydrogens (tertiary/aromatic N) is 1. The first-order valence-corrected chi connectivity index (χ1v) is 6.31. The van der Waals surface area contributed by atoms with Gasteiger partial charge in [0.25, 0.3) is 0 Å². The van der Waals surface area contributed by atoms with Crippen molar-refractivity contribution >= 4 is 11.3 Å². The average molecular weight is 232 g/mol. The van der Waals surface area contributed by atoms with E-state index in [2.05, 4.69) is 48.4 Å². The predicted octanol–water partition coefficient (Wildman–Crippen LogP) is 3.30. The summed E-state index contributed by atoms with van der Waals surface area (Å²) in [6.07, 6.45) is 1.92. The molecule has 0 spiro atoms. The Bertz CT molecular complexity index is 420. The number of thiazole rings is 1. The topological polar surface area (TPSA) is 24.9 Å². The summed E-state index contributed by atoms with van der Waals surface area (Å²) in [7, 11) is 0. The Labute approximate surface area is 100 Å². The van der Waals surface area contributed by atoms with Crippen LogP contribution in [0.3, 0.4) is 0 Å². The maximum atomic E-state index is 4.06. The van der Waals surface area contributed by atoms with Crippen molar-refractivity contribution in [2.45, 2.75) is 26.4 Å². The fourth-order valence-electron chi connectivity index (χ4n) is 1.56. The first-order chi connectivity index (χ1) is 7.75. The minimum Gasteiger partial charge on any atom is -0.305 e. The van der Waals surface area contributed by atoms with Gasteiger partial charge in [-0.25, -0.2) is 0 Å². The zero-order valence-electron chi connectivity index (χ0n) is 9.60. The van der Waals surface area contributed by atoms with Gasteiger partial charge in [-0.15, -0.1) is 11.3 Å². The number of hydrogen-bond acceptors (Lipinski definition) is 3. The van der Waals surface area contributed by atoms with Gasteiger partial charge in [-0.3, -0.25) is 4.98 Å². The molecule has 1 heterocycles. The molecular weight excluding hydrogens is 216 g/mol. The molecular formula is C13H16N2S. The van der Waals surface area contributed by atoms with E-state index in [4.69, 9.17) is 0 Å². The molecule has 0 aliphatic carbocycles. The first-order valence-electron chi connectivity index (χ1n) is 5.43. The second-order valence-corrected chi connectivity index (χ2v) is 4.95. The molecule has 0 unspecified atom stereocenters. The summed E-state index contributed by atoms with van der Waals surface area (Å²) in [5, 5.41) is 3.49. The van der Waals surface area contributed by atoms with Crippen molar-refractivity contribution in [1.82, 2.24) is 10.3 Å². The Balaban J connectivity index is 1.93. The summed E-state index contributed by atoms with van der Waals surface area (Å²) in [6.45, 7) is 5.19. The summed E-state index contributed by atoms with van der Waals surface area (Å²) in [5.74, 6) is 0. The number of aryl methyl sites for hydroxylation is 1. The van der Waals surface area contributed by atoms with E-state index in [0.29, 0.717) is 6.04 Å². The molecule has 0 bridgehead atoms. The standard InChI is InChI=1S/C13H16N2S/c1-10-3-5-12(6-4-10)11(2)15-8-13-7-14-9-16-13/h3-7,9,11,15H,8H2,1-2H3/t11-/m1/s1. The molecule has 2 rings (SSSR count). The Morgan fingerprint density at radius 2 is 2.06 bits per heavy atom. The molecule has 0 aliphatic rings. The van der Waals surface area contributed by atoms with Crippen molar-refractivity contribution < 1.29 is 0 Å². The largest absolute Gasteiger partial charge is 0.305 e. The SMILES string of the molecule is Cc1ccc([C@@H](C)NCc2cncs2)cc1. The molecule has 2 nitrogen and oxygen atoms in total. The minimum atomic E-state index is 0.377. The molecule has 0 saturated heterocycles. The van der Waals surface area contributed by atoms with E-state index in [1.165, 1.54) is 16.0 Å². The Morgan fingerprint density at radius 3 is 2.69 bits per heavy atom. The fourth-order valence-corrected chi connectivity index (χ4v) is 2.10. The van der Waals surface area contributed by atoms with Gasteiger partial charge < -0.3 is 5.32 Å². The Morgan fingerprint density at radius 1 is 1.31 bits per heavy atom. The van der Waals surface area contributed by atoms with Crippen LogP contribution >= 0.6 is 11.3 Å². The number of hydrogen-bond donors (Lipinski definition) is 1. The number of benzene rings is 1. The van der Waals surface area contributed by atoms with E-state index in [-0.39, 0.29) is 0 Å². The lowest BCUT2D eigenvalue weighted by molar-refractivity contribution is 0.578. The third-order valence-corrected chi connectivity index (χ3v) is 3.42. The molecule has 0 radical (unpaired) electrons. The Hall–Kier alpha value is -1.19. The van der Waals surface area contributed by atoms with Crippen molar-refractivity contribution in [2.24, 2.45) is 0 Å². The van der Waals surface area contributed by atoms with Crippen LogP contribution in [0.4, 0.5) is 0 Å². The molecule has 1 aromatic carbocycles. The van der Waals surface area contributed by atoms with Gasteiger partial charge in [-0.05, 0) is 19.4 Å². The van der Waals surface area contributed by atoms with Crippen LogP contribution in [0, 0.1) is 6.92 Å². The number of aromatic nitrogens is 1. The van der Waals surface area contributed by atoms with Gasteiger partial charge in [-0.1, -0.05) is 29.8 Å². The maximum absolute atomic E-state index is 4.06. The zero-order valence-corrected chi connectivity index (χ0v) is 10.4. The van der Waals surface area contributed by atoms with Crippen LogP contribution in [0.2, 0.25) is 0 Å². The van der Waals surface area contributed by atoms with Gasteiger partial charge >= 0.3 is 0 Å². The second kappa shape index (κ2) is 5.23. The van der Waals surface area contributed by atoms with Gasteiger partial charge in [-0.2, -0.15) is 0 Å². The zero-order chi connectivity index (χ0) is 11.4. The molecule has 0 saturated carbocycles. The summed E-state index contributed by atoms with van der Waals surface area (Å²) < 4.78 is 0. The molecule has 3 heteroatoms. The molecule has 0 amide bonds. The Kier molecular flexibility index (Phi) is 3.70. The van der Waals surface area contributed by atoms with Gasteiger partial charge in [0.15, 0.2) is 0 Å². The highest BCUT2D eigenvalue weighted by Crippen LogP contribution is 2.14. The van der Waals surface area contributed by atoms with Crippen LogP contribution in [0.15, 0.2) is 36.0 Å². The van der Waals surface area contributed by atoms with Gasteiger partial charge in [0.05, 0.1) is 5.51 Å². The van der Waals surface area contributed by atoms with Crippen LogP contribution in [0.25, 0.3) is 0 Å². The van der Waals surface area contributed by atoms with Crippen molar-refractivity contribution in [2.75, 3.05) is 0 Å². The summed E-state index contributed by atoms with van der Waals surface area (Å²) in [6, 6.07) is 9.04. The number of rotatable bonds is 4. The van der Waals surface area contributed by atoms with Gasteiger partial charge in [0.2, 0.25) is 0 Å². The van der Waals surface area contributed by atoms with Crippen LogP contribution in [-0.4, -0.2) is 4.98 Å².